The summed E-state index contributed by atoms with van der Waals surface area (Å²) < 4.78 is 5.38. The summed E-state index contributed by atoms with van der Waals surface area (Å²) in [7, 11) is 1.78. The minimum atomic E-state index is 0.306. The summed E-state index contributed by atoms with van der Waals surface area (Å²) in [5.74, 6) is 1.20. The zero-order chi connectivity index (χ0) is 10.3. The monoisotopic (exact) mass is 188 g/mol. The van der Waals surface area contributed by atoms with Crippen molar-refractivity contribution in [2.45, 2.75) is 46.1 Å². The van der Waals surface area contributed by atoms with Gasteiger partial charge in [0.05, 0.1) is 6.10 Å². The molecule has 0 saturated carbocycles. The van der Waals surface area contributed by atoms with Crippen LogP contribution < -0.4 is 0 Å². The van der Waals surface area contributed by atoms with Gasteiger partial charge in [-0.05, 0) is 31.1 Å². The fourth-order valence-corrected chi connectivity index (χ4v) is 1.54. The van der Waals surface area contributed by atoms with E-state index >= 15 is 0 Å². The van der Waals surface area contributed by atoms with E-state index < -0.39 is 0 Å². The van der Waals surface area contributed by atoms with E-state index in [4.69, 9.17) is 9.84 Å². The molecule has 0 aliphatic carbocycles. The molecule has 80 valence electrons. The Kier molecular flexibility index (Phi) is 7.29. The first-order valence-corrected chi connectivity index (χ1v) is 5.25. The minimum Gasteiger partial charge on any atom is -0.396 e. The molecule has 0 fully saturated rings. The Morgan fingerprint density at radius 3 is 2.08 bits per heavy atom. The van der Waals surface area contributed by atoms with Crippen molar-refractivity contribution in [1.29, 1.82) is 0 Å². The molecule has 2 nitrogen and oxygen atoms in total. The summed E-state index contributed by atoms with van der Waals surface area (Å²) in [6.07, 6.45) is 3.54. The quantitative estimate of drug-likeness (QED) is 0.665. The maximum Gasteiger partial charge on any atom is 0.0594 e. The molecule has 1 N–H and O–H groups in total. The van der Waals surface area contributed by atoms with Crippen LogP contribution in [0.25, 0.3) is 0 Å². The topological polar surface area (TPSA) is 29.5 Å². The first-order chi connectivity index (χ1) is 6.11. The number of aliphatic hydroxyl groups is 1. The van der Waals surface area contributed by atoms with E-state index in [9.17, 15) is 0 Å². The van der Waals surface area contributed by atoms with E-state index in [0.29, 0.717) is 24.5 Å². The summed E-state index contributed by atoms with van der Waals surface area (Å²) in [5.41, 5.74) is 0. The summed E-state index contributed by atoms with van der Waals surface area (Å²) in [5, 5.41) is 8.74. The average Bonchev–Trinajstić information content (AvgIpc) is 2.05. The highest BCUT2D eigenvalue weighted by atomic mass is 16.5. The van der Waals surface area contributed by atoms with Crippen LogP contribution in [0, 0.1) is 11.8 Å². The zero-order valence-electron chi connectivity index (χ0n) is 9.42. The highest BCUT2D eigenvalue weighted by molar-refractivity contribution is 4.64. The predicted molar refractivity (Wildman–Crippen MR) is 55.7 cm³/mol. The fraction of sp³-hybridized carbons (Fsp3) is 1.00. The van der Waals surface area contributed by atoms with Crippen LogP contribution in [-0.2, 0) is 4.74 Å². The molecule has 2 heteroatoms. The first kappa shape index (κ1) is 12.9. The Balaban J connectivity index is 3.59. The molecular formula is C11H24O2. The highest BCUT2D eigenvalue weighted by Gasteiger charge is 2.13. The van der Waals surface area contributed by atoms with Crippen LogP contribution in [0.4, 0.5) is 0 Å². The number of methoxy groups -OCH3 is 1. The Labute approximate surface area is 82.3 Å². The Bertz CT molecular complexity index is 113. The van der Waals surface area contributed by atoms with Gasteiger partial charge in [0.1, 0.15) is 0 Å². The molecule has 0 rings (SSSR count). The number of ether oxygens (including phenoxy) is 1. The van der Waals surface area contributed by atoms with E-state index in [1.807, 2.05) is 0 Å². The van der Waals surface area contributed by atoms with Gasteiger partial charge in [0, 0.05) is 13.7 Å². The van der Waals surface area contributed by atoms with Gasteiger partial charge in [0.25, 0.3) is 0 Å². The number of hydrogen-bond acceptors (Lipinski definition) is 2. The van der Waals surface area contributed by atoms with Crippen molar-refractivity contribution in [2.75, 3.05) is 13.7 Å². The van der Waals surface area contributed by atoms with E-state index in [1.54, 1.807) is 7.11 Å². The third-order valence-corrected chi connectivity index (χ3v) is 2.61. The minimum absolute atomic E-state index is 0.306. The number of aliphatic hydroxyl groups excluding tert-OH is 1. The summed E-state index contributed by atoms with van der Waals surface area (Å²) in [6, 6.07) is 0. The molecule has 13 heavy (non-hydrogen) atoms. The molecule has 0 aromatic carbocycles. The summed E-state index contributed by atoms with van der Waals surface area (Å²) >= 11 is 0. The second-order valence-electron chi connectivity index (χ2n) is 4.21. The van der Waals surface area contributed by atoms with E-state index in [2.05, 4.69) is 20.8 Å². The van der Waals surface area contributed by atoms with E-state index in [-0.39, 0.29) is 0 Å². The molecule has 0 aliphatic heterocycles. The largest absolute Gasteiger partial charge is 0.396 e. The highest BCUT2D eigenvalue weighted by Crippen LogP contribution is 2.17. The lowest BCUT2D eigenvalue weighted by atomic mass is 9.95. The number of hydrogen-bond donors (Lipinski definition) is 1. The van der Waals surface area contributed by atoms with Crippen LogP contribution in [0.1, 0.15) is 40.0 Å². The van der Waals surface area contributed by atoms with E-state index in [0.717, 1.165) is 19.3 Å². The third kappa shape index (κ3) is 6.05. The molecule has 0 saturated heterocycles. The van der Waals surface area contributed by atoms with Crippen molar-refractivity contribution in [3.05, 3.63) is 0 Å². The molecule has 0 aromatic heterocycles. The second-order valence-corrected chi connectivity index (χ2v) is 4.21. The van der Waals surface area contributed by atoms with Crippen molar-refractivity contribution in [2.24, 2.45) is 11.8 Å². The van der Waals surface area contributed by atoms with Gasteiger partial charge >= 0.3 is 0 Å². The number of rotatable bonds is 7. The Hall–Kier alpha value is -0.0800. The van der Waals surface area contributed by atoms with Gasteiger partial charge in [0.2, 0.25) is 0 Å². The third-order valence-electron chi connectivity index (χ3n) is 2.61. The molecule has 0 amide bonds. The van der Waals surface area contributed by atoms with Gasteiger partial charge in [0.15, 0.2) is 0 Å². The summed E-state index contributed by atoms with van der Waals surface area (Å²) in [6.45, 7) is 6.86. The predicted octanol–water partition coefficient (Wildman–Crippen LogP) is 2.46. The van der Waals surface area contributed by atoms with Crippen LogP contribution in [0.3, 0.4) is 0 Å². The lowest BCUT2D eigenvalue weighted by Crippen LogP contribution is -2.18. The maximum atomic E-state index is 8.74. The van der Waals surface area contributed by atoms with Crippen LogP contribution in [0.5, 0.6) is 0 Å². The van der Waals surface area contributed by atoms with Gasteiger partial charge in [-0.2, -0.15) is 0 Å². The van der Waals surface area contributed by atoms with Gasteiger partial charge in [-0.25, -0.2) is 0 Å². The smallest absolute Gasteiger partial charge is 0.0594 e. The molecule has 0 radical (unpaired) electrons. The van der Waals surface area contributed by atoms with Crippen LogP contribution in [-0.4, -0.2) is 24.9 Å². The first-order valence-electron chi connectivity index (χ1n) is 5.25. The fourth-order valence-electron chi connectivity index (χ4n) is 1.54. The van der Waals surface area contributed by atoms with Crippen molar-refractivity contribution < 1.29 is 9.84 Å². The maximum absolute atomic E-state index is 8.74. The summed E-state index contributed by atoms with van der Waals surface area (Å²) in [4.78, 5) is 0. The van der Waals surface area contributed by atoms with Crippen molar-refractivity contribution in [1.82, 2.24) is 0 Å². The second kappa shape index (κ2) is 7.34. The standard InChI is InChI=1S/C11H24O2/c1-9(2)11(13-4)6-5-10(3)7-8-12/h9-12H,5-8H2,1-4H3. The van der Waals surface area contributed by atoms with E-state index in [1.165, 1.54) is 0 Å². The lowest BCUT2D eigenvalue weighted by Gasteiger charge is -2.20. The molecule has 0 aliphatic rings. The molecule has 0 heterocycles. The van der Waals surface area contributed by atoms with Gasteiger partial charge in [-0.15, -0.1) is 0 Å². The van der Waals surface area contributed by atoms with Gasteiger partial charge < -0.3 is 9.84 Å². The van der Waals surface area contributed by atoms with Crippen molar-refractivity contribution >= 4 is 0 Å². The molecule has 0 bridgehead atoms. The van der Waals surface area contributed by atoms with Gasteiger partial charge in [-0.1, -0.05) is 20.8 Å². The van der Waals surface area contributed by atoms with Crippen LogP contribution >= 0.6 is 0 Å². The molecule has 2 unspecified atom stereocenters. The molecule has 0 aromatic rings. The molecule has 0 spiro atoms. The van der Waals surface area contributed by atoms with Crippen molar-refractivity contribution in [3.8, 4) is 0 Å². The lowest BCUT2D eigenvalue weighted by molar-refractivity contribution is 0.0524. The normalized spacial score (nSPS) is 16.2. The van der Waals surface area contributed by atoms with Gasteiger partial charge in [-0.3, -0.25) is 0 Å². The Morgan fingerprint density at radius 2 is 1.69 bits per heavy atom. The average molecular weight is 188 g/mol. The van der Waals surface area contributed by atoms with Crippen molar-refractivity contribution in [3.63, 3.8) is 0 Å². The molecule has 2 atom stereocenters. The Morgan fingerprint density at radius 1 is 1.08 bits per heavy atom. The zero-order valence-corrected chi connectivity index (χ0v) is 9.42. The van der Waals surface area contributed by atoms with Crippen LogP contribution in [0.15, 0.2) is 0 Å². The van der Waals surface area contributed by atoms with Crippen LogP contribution in [0.2, 0.25) is 0 Å². The SMILES string of the molecule is COC(CCC(C)CCO)C(C)C. The molecular weight excluding hydrogens is 164 g/mol.